The van der Waals surface area contributed by atoms with Crippen molar-refractivity contribution in [3.05, 3.63) is 48.0 Å². The second kappa shape index (κ2) is 5.85. The SMILES string of the molecule is CC(=O)S[C@H](Cc1ccc2oc3ccccc3c2c1)C(=O)O. The average Bonchev–Trinajstić information content (AvgIpc) is 2.84. The van der Waals surface area contributed by atoms with Gasteiger partial charge in [-0.3, -0.25) is 9.59 Å². The van der Waals surface area contributed by atoms with Gasteiger partial charge < -0.3 is 9.52 Å². The first-order valence-electron chi connectivity index (χ1n) is 6.85. The minimum absolute atomic E-state index is 0.192. The molecule has 1 N–H and O–H groups in total. The predicted molar refractivity (Wildman–Crippen MR) is 87.1 cm³/mol. The summed E-state index contributed by atoms with van der Waals surface area (Å²) in [5.74, 6) is -0.975. The van der Waals surface area contributed by atoms with Crippen LogP contribution >= 0.6 is 11.8 Å². The molecule has 0 unspecified atom stereocenters. The van der Waals surface area contributed by atoms with Gasteiger partial charge in [-0.2, -0.15) is 0 Å². The summed E-state index contributed by atoms with van der Waals surface area (Å²) in [6.45, 7) is 1.38. The molecule has 0 saturated heterocycles. The first-order valence-corrected chi connectivity index (χ1v) is 7.73. The van der Waals surface area contributed by atoms with Gasteiger partial charge >= 0.3 is 5.97 Å². The third kappa shape index (κ3) is 2.85. The van der Waals surface area contributed by atoms with Crippen LogP contribution in [-0.4, -0.2) is 21.4 Å². The summed E-state index contributed by atoms with van der Waals surface area (Å²) in [5.41, 5.74) is 2.46. The minimum Gasteiger partial charge on any atom is -0.480 e. The van der Waals surface area contributed by atoms with Crippen LogP contribution in [0.3, 0.4) is 0 Å². The molecule has 0 aliphatic carbocycles. The number of carbonyl (C=O) groups excluding carboxylic acids is 1. The zero-order valence-electron chi connectivity index (χ0n) is 11.9. The molecule has 112 valence electrons. The Bertz CT molecular complexity index is 865. The monoisotopic (exact) mass is 314 g/mol. The second-order valence-electron chi connectivity index (χ2n) is 5.07. The molecule has 5 heteroatoms. The standard InChI is InChI=1S/C17H14O4S/c1-10(18)22-16(17(19)20)9-11-6-7-15-13(8-11)12-4-2-3-5-14(12)21-15/h2-8,16H,9H2,1H3,(H,19,20)/t16-/m1/s1. The number of aliphatic carboxylic acids is 1. The number of furan rings is 1. The molecular formula is C17H14O4S. The lowest BCUT2D eigenvalue weighted by atomic mass is 10.1. The van der Waals surface area contributed by atoms with Crippen molar-refractivity contribution in [2.24, 2.45) is 0 Å². The fourth-order valence-corrected chi connectivity index (χ4v) is 3.27. The second-order valence-corrected chi connectivity index (χ2v) is 6.45. The van der Waals surface area contributed by atoms with E-state index < -0.39 is 11.2 Å². The van der Waals surface area contributed by atoms with E-state index in [1.165, 1.54) is 6.92 Å². The first-order chi connectivity index (χ1) is 10.5. The Morgan fingerprint density at radius 3 is 2.59 bits per heavy atom. The van der Waals surface area contributed by atoms with E-state index in [9.17, 15) is 14.7 Å². The summed E-state index contributed by atoms with van der Waals surface area (Å²) in [7, 11) is 0. The van der Waals surface area contributed by atoms with Crippen molar-refractivity contribution in [3.8, 4) is 0 Å². The van der Waals surface area contributed by atoms with Crippen molar-refractivity contribution in [2.75, 3.05) is 0 Å². The third-order valence-corrected chi connectivity index (χ3v) is 4.43. The van der Waals surface area contributed by atoms with Gasteiger partial charge in [0.15, 0.2) is 5.12 Å². The molecule has 1 heterocycles. The summed E-state index contributed by atoms with van der Waals surface area (Å²) < 4.78 is 5.75. The Morgan fingerprint density at radius 2 is 1.86 bits per heavy atom. The molecule has 2 aromatic carbocycles. The number of rotatable bonds is 4. The van der Waals surface area contributed by atoms with E-state index in [0.29, 0.717) is 6.42 Å². The quantitative estimate of drug-likeness (QED) is 0.792. The van der Waals surface area contributed by atoms with Crippen molar-refractivity contribution in [1.29, 1.82) is 0 Å². The Morgan fingerprint density at radius 1 is 1.14 bits per heavy atom. The molecule has 3 rings (SSSR count). The van der Waals surface area contributed by atoms with Crippen molar-refractivity contribution in [1.82, 2.24) is 0 Å². The highest BCUT2D eigenvalue weighted by molar-refractivity contribution is 8.14. The number of benzene rings is 2. The maximum atomic E-state index is 11.3. The van der Waals surface area contributed by atoms with Crippen molar-refractivity contribution in [3.63, 3.8) is 0 Å². The van der Waals surface area contributed by atoms with Crippen LogP contribution in [0.25, 0.3) is 21.9 Å². The molecule has 0 spiro atoms. The van der Waals surface area contributed by atoms with E-state index in [-0.39, 0.29) is 5.12 Å². The predicted octanol–water partition coefficient (Wildman–Crippen LogP) is 3.86. The van der Waals surface area contributed by atoms with Gasteiger partial charge in [-0.1, -0.05) is 36.0 Å². The molecule has 0 fully saturated rings. The molecule has 0 saturated carbocycles. The zero-order chi connectivity index (χ0) is 15.7. The van der Waals surface area contributed by atoms with Gasteiger partial charge in [0.2, 0.25) is 0 Å². The first kappa shape index (κ1) is 14.7. The lowest BCUT2D eigenvalue weighted by molar-refractivity contribution is -0.136. The number of hydrogen-bond acceptors (Lipinski definition) is 4. The molecule has 22 heavy (non-hydrogen) atoms. The maximum Gasteiger partial charge on any atom is 0.317 e. The molecular weight excluding hydrogens is 300 g/mol. The Labute approximate surface area is 131 Å². The van der Waals surface area contributed by atoms with Gasteiger partial charge in [0, 0.05) is 17.7 Å². The van der Waals surface area contributed by atoms with Crippen molar-refractivity contribution in [2.45, 2.75) is 18.6 Å². The van der Waals surface area contributed by atoms with Crippen LogP contribution in [0.1, 0.15) is 12.5 Å². The van der Waals surface area contributed by atoms with E-state index in [0.717, 1.165) is 39.3 Å². The molecule has 0 aliphatic rings. The highest BCUT2D eigenvalue weighted by atomic mass is 32.2. The Kier molecular flexibility index (Phi) is 3.90. The highest BCUT2D eigenvalue weighted by Gasteiger charge is 2.21. The zero-order valence-corrected chi connectivity index (χ0v) is 12.7. The average molecular weight is 314 g/mol. The van der Waals surface area contributed by atoms with Gasteiger partial charge in [0.1, 0.15) is 16.4 Å². The number of para-hydroxylation sites is 1. The van der Waals surface area contributed by atoms with Crippen LogP contribution in [0.4, 0.5) is 0 Å². The topological polar surface area (TPSA) is 67.5 Å². The van der Waals surface area contributed by atoms with Crippen LogP contribution in [0, 0.1) is 0 Å². The fraction of sp³-hybridized carbons (Fsp3) is 0.176. The van der Waals surface area contributed by atoms with Crippen LogP contribution in [0.2, 0.25) is 0 Å². The molecule has 0 aliphatic heterocycles. The number of carboxylic acids is 1. The Hall–Kier alpha value is -2.27. The van der Waals surface area contributed by atoms with E-state index in [2.05, 4.69) is 0 Å². The molecule has 0 amide bonds. The van der Waals surface area contributed by atoms with Crippen LogP contribution < -0.4 is 0 Å². The van der Waals surface area contributed by atoms with Gasteiger partial charge in [-0.15, -0.1) is 0 Å². The molecule has 4 nitrogen and oxygen atoms in total. The number of carboxylic acid groups (broad SMARTS) is 1. The summed E-state index contributed by atoms with van der Waals surface area (Å²) >= 11 is 0.852. The fourth-order valence-electron chi connectivity index (χ4n) is 2.49. The van der Waals surface area contributed by atoms with Gasteiger partial charge in [-0.05, 0) is 30.2 Å². The third-order valence-electron chi connectivity index (χ3n) is 3.45. The number of thioether (sulfide) groups is 1. The number of carbonyl (C=O) groups is 2. The van der Waals surface area contributed by atoms with Gasteiger partial charge in [-0.25, -0.2) is 0 Å². The summed E-state index contributed by atoms with van der Waals surface area (Å²) in [6, 6.07) is 13.4. The van der Waals surface area contributed by atoms with Gasteiger partial charge in [0.05, 0.1) is 0 Å². The van der Waals surface area contributed by atoms with Gasteiger partial charge in [0.25, 0.3) is 0 Å². The highest BCUT2D eigenvalue weighted by Crippen LogP contribution is 2.30. The van der Waals surface area contributed by atoms with Crippen molar-refractivity contribution < 1.29 is 19.1 Å². The Balaban J connectivity index is 1.98. The van der Waals surface area contributed by atoms with E-state index >= 15 is 0 Å². The summed E-state index contributed by atoms with van der Waals surface area (Å²) in [4.78, 5) is 22.5. The lowest BCUT2D eigenvalue weighted by Crippen LogP contribution is -2.20. The van der Waals surface area contributed by atoms with Crippen LogP contribution in [0.15, 0.2) is 46.9 Å². The molecule has 3 aromatic rings. The summed E-state index contributed by atoms with van der Waals surface area (Å²) in [6.07, 6.45) is 0.301. The minimum atomic E-state index is -0.975. The molecule has 0 bridgehead atoms. The molecule has 1 aromatic heterocycles. The van der Waals surface area contributed by atoms with E-state index in [4.69, 9.17) is 4.42 Å². The number of fused-ring (bicyclic) bond motifs is 3. The molecule has 1 atom stereocenters. The summed E-state index contributed by atoms with van der Waals surface area (Å²) in [5, 5.41) is 10.2. The smallest absolute Gasteiger partial charge is 0.317 e. The lowest BCUT2D eigenvalue weighted by Gasteiger charge is -2.09. The largest absolute Gasteiger partial charge is 0.480 e. The number of hydrogen-bond donors (Lipinski definition) is 1. The van der Waals surface area contributed by atoms with Crippen molar-refractivity contribution >= 4 is 44.8 Å². The van der Waals surface area contributed by atoms with E-state index in [1.54, 1.807) is 0 Å². The van der Waals surface area contributed by atoms with Crippen LogP contribution in [0.5, 0.6) is 0 Å². The normalized spacial score (nSPS) is 12.6. The maximum absolute atomic E-state index is 11.3. The van der Waals surface area contributed by atoms with Crippen LogP contribution in [-0.2, 0) is 16.0 Å². The van der Waals surface area contributed by atoms with E-state index in [1.807, 2.05) is 42.5 Å². The molecule has 0 radical (unpaired) electrons.